The molecule has 28 heavy (non-hydrogen) atoms. The lowest BCUT2D eigenvalue weighted by atomic mass is 9.47. The van der Waals surface area contributed by atoms with Gasteiger partial charge in [0.2, 0.25) is 0 Å². The summed E-state index contributed by atoms with van der Waals surface area (Å²) in [4.78, 5) is 3.04. The zero-order valence-corrected chi connectivity index (χ0v) is 18.7. The highest BCUT2D eigenvalue weighted by Crippen LogP contribution is 2.69. The SMILES string of the molecule is C[C@@H]1CC[C@H]2[C@H](C)[C@@H]3[C@@H](C[C@@H]4[C@H]5CC=C6C=CCC[C@]6(C)[C@@H]5CC[C@]34C)N2C1. The average molecular weight is 380 g/mol. The molecular weight excluding hydrogens is 338 g/mol. The van der Waals surface area contributed by atoms with E-state index in [2.05, 4.69) is 50.8 Å². The molecule has 0 N–H and O–H groups in total. The van der Waals surface area contributed by atoms with E-state index in [0.29, 0.717) is 10.8 Å². The van der Waals surface area contributed by atoms with Crippen molar-refractivity contribution < 1.29 is 0 Å². The molecule has 0 unspecified atom stereocenters. The van der Waals surface area contributed by atoms with Crippen molar-refractivity contribution >= 4 is 0 Å². The largest absolute Gasteiger partial charge is 0.297 e. The van der Waals surface area contributed by atoms with E-state index < -0.39 is 0 Å². The van der Waals surface area contributed by atoms with Crippen molar-refractivity contribution in [2.45, 2.75) is 91.1 Å². The highest BCUT2D eigenvalue weighted by atomic mass is 15.2. The summed E-state index contributed by atoms with van der Waals surface area (Å²) in [5.41, 5.74) is 2.78. The summed E-state index contributed by atoms with van der Waals surface area (Å²) >= 11 is 0. The van der Waals surface area contributed by atoms with Crippen LogP contribution >= 0.6 is 0 Å². The zero-order chi connectivity index (χ0) is 19.3. The topological polar surface area (TPSA) is 3.24 Å². The molecule has 0 aromatic rings. The monoisotopic (exact) mass is 379 g/mol. The molecule has 2 saturated carbocycles. The molecule has 1 nitrogen and oxygen atoms in total. The summed E-state index contributed by atoms with van der Waals surface area (Å²) in [7, 11) is 0. The minimum atomic E-state index is 0.477. The number of allylic oxidation sites excluding steroid dienone is 4. The van der Waals surface area contributed by atoms with E-state index >= 15 is 0 Å². The zero-order valence-electron chi connectivity index (χ0n) is 18.7. The van der Waals surface area contributed by atoms with E-state index in [0.717, 1.165) is 47.6 Å². The Labute approximate surface area is 173 Å². The van der Waals surface area contributed by atoms with E-state index in [-0.39, 0.29) is 0 Å². The van der Waals surface area contributed by atoms with Crippen LogP contribution in [0, 0.1) is 46.3 Å². The molecule has 4 aliphatic carbocycles. The Kier molecular flexibility index (Phi) is 3.90. The minimum Gasteiger partial charge on any atom is -0.297 e. The highest BCUT2D eigenvalue weighted by Gasteiger charge is 2.66. The summed E-state index contributed by atoms with van der Waals surface area (Å²) in [6, 6.07) is 1.81. The van der Waals surface area contributed by atoms with E-state index in [4.69, 9.17) is 0 Å². The van der Waals surface area contributed by atoms with Gasteiger partial charge in [0.25, 0.3) is 0 Å². The van der Waals surface area contributed by atoms with Gasteiger partial charge in [-0.05, 0) is 103 Å². The quantitative estimate of drug-likeness (QED) is 0.467. The van der Waals surface area contributed by atoms with Crippen LogP contribution in [0.2, 0.25) is 0 Å². The van der Waals surface area contributed by atoms with E-state index in [1.54, 1.807) is 5.57 Å². The second-order valence-corrected chi connectivity index (χ2v) is 12.3. The molecule has 4 fully saturated rings. The van der Waals surface area contributed by atoms with Crippen molar-refractivity contribution in [2.24, 2.45) is 46.3 Å². The van der Waals surface area contributed by atoms with Gasteiger partial charge in [0.1, 0.15) is 0 Å². The molecule has 0 bridgehead atoms. The maximum Gasteiger partial charge on any atom is 0.0138 e. The van der Waals surface area contributed by atoms with Gasteiger partial charge in [-0.2, -0.15) is 0 Å². The van der Waals surface area contributed by atoms with Crippen molar-refractivity contribution in [3.63, 3.8) is 0 Å². The van der Waals surface area contributed by atoms with Crippen LogP contribution in [0.4, 0.5) is 0 Å². The van der Waals surface area contributed by atoms with Gasteiger partial charge >= 0.3 is 0 Å². The van der Waals surface area contributed by atoms with Crippen molar-refractivity contribution in [3.05, 3.63) is 23.8 Å². The Balaban J connectivity index is 1.35. The fourth-order valence-electron chi connectivity index (χ4n) is 10.0. The van der Waals surface area contributed by atoms with E-state index in [1.165, 1.54) is 57.9 Å². The van der Waals surface area contributed by atoms with Crippen molar-refractivity contribution in [2.75, 3.05) is 6.54 Å². The number of fused-ring (bicyclic) bond motifs is 9. The van der Waals surface area contributed by atoms with E-state index in [1.807, 2.05) is 0 Å². The molecule has 2 aliphatic heterocycles. The van der Waals surface area contributed by atoms with Gasteiger partial charge in [-0.15, -0.1) is 0 Å². The smallest absolute Gasteiger partial charge is 0.0138 e. The van der Waals surface area contributed by atoms with Crippen LogP contribution in [0.5, 0.6) is 0 Å². The molecule has 6 rings (SSSR count). The standard InChI is InChI=1S/C27H41N/c1-17-8-11-23-18(2)25-24(28(23)16-17)15-22-20-10-9-19-7-5-6-13-26(19,3)21(20)12-14-27(22,25)4/h5,7,9,17-18,20-25H,6,8,10-16H2,1-4H3/t17-,18+,20+,21-,22-,23+,24-,25-,26+,27+/m1/s1. The maximum atomic E-state index is 3.04. The normalized spacial score (nSPS) is 57.6. The molecule has 1 heteroatoms. The summed E-state index contributed by atoms with van der Waals surface area (Å²) in [6.45, 7) is 11.9. The lowest BCUT2D eigenvalue weighted by Gasteiger charge is -2.57. The van der Waals surface area contributed by atoms with Gasteiger partial charge in [-0.3, -0.25) is 4.90 Å². The predicted octanol–water partition coefficient (Wildman–Crippen LogP) is 6.46. The first-order chi connectivity index (χ1) is 13.4. The number of rotatable bonds is 0. The predicted molar refractivity (Wildman–Crippen MR) is 117 cm³/mol. The molecule has 6 aliphatic rings. The van der Waals surface area contributed by atoms with Crippen molar-refractivity contribution in [3.8, 4) is 0 Å². The van der Waals surface area contributed by atoms with E-state index in [9.17, 15) is 0 Å². The lowest BCUT2D eigenvalue weighted by molar-refractivity contribution is -0.0452. The fourth-order valence-corrected chi connectivity index (χ4v) is 10.0. The number of hydrogen-bond acceptors (Lipinski definition) is 1. The summed E-state index contributed by atoms with van der Waals surface area (Å²) in [5, 5.41) is 0. The second kappa shape index (κ2) is 5.99. The summed E-state index contributed by atoms with van der Waals surface area (Å²) < 4.78 is 0. The molecule has 0 aromatic heterocycles. The van der Waals surface area contributed by atoms with Crippen LogP contribution in [-0.4, -0.2) is 23.5 Å². The molecule has 2 saturated heterocycles. The number of piperidine rings is 1. The van der Waals surface area contributed by atoms with Crippen LogP contribution in [0.15, 0.2) is 23.8 Å². The Bertz CT molecular complexity index is 720. The first kappa shape index (κ1) is 18.2. The molecule has 0 aromatic carbocycles. The molecule has 0 amide bonds. The lowest BCUT2D eigenvalue weighted by Crippen LogP contribution is -2.50. The first-order valence-corrected chi connectivity index (χ1v) is 12.6. The van der Waals surface area contributed by atoms with Gasteiger partial charge < -0.3 is 0 Å². The van der Waals surface area contributed by atoms with Gasteiger partial charge in [-0.25, -0.2) is 0 Å². The van der Waals surface area contributed by atoms with Gasteiger partial charge in [0, 0.05) is 18.6 Å². The summed E-state index contributed by atoms with van der Waals surface area (Å²) in [5.74, 6) is 5.68. The first-order valence-electron chi connectivity index (χ1n) is 12.6. The minimum absolute atomic E-state index is 0.477. The molecular formula is C27H41N. The average Bonchev–Trinajstić information content (AvgIpc) is 3.14. The third-order valence-corrected chi connectivity index (χ3v) is 11.3. The van der Waals surface area contributed by atoms with Crippen LogP contribution in [0.25, 0.3) is 0 Å². The molecule has 154 valence electrons. The number of nitrogens with zero attached hydrogens (tertiary/aromatic N) is 1. The van der Waals surface area contributed by atoms with Crippen LogP contribution in [-0.2, 0) is 0 Å². The Morgan fingerprint density at radius 1 is 1.00 bits per heavy atom. The van der Waals surface area contributed by atoms with Crippen molar-refractivity contribution in [1.82, 2.24) is 4.90 Å². The maximum absolute atomic E-state index is 3.04. The summed E-state index contributed by atoms with van der Waals surface area (Å²) in [6.07, 6.45) is 19.1. The molecule has 2 heterocycles. The van der Waals surface area contributed by atoms with Gasteiger partial charge in [0.15, 0.2) is 0 Å². The highest BCUT2D eigenvalue weighted by molar-refractivity contribution is 5.34. The van der Waals surface area contributed by atoms with Gasteiger partial charge in [0.05, 0.1) is 0 Å². The Hall–Kier alpha value is -0.560. The molecule has 0 radical (unpaired) electrons. The van der Waals surface area contributed by atoms with Crippen LogP contribution in [0.1, 0.15) is 79.1 Å². The van der Waals surface area contributed by atoms with Crippen LogP contribution < -0.4 is 0 Å². The Morgan fingerprint density at radius 3 is 2.71 bits per heavy atom. The van der Waals surface area contributed by atoms with Crippen LogP contribution in [0.3, 0.4) is 0 Å². The molecule has 10 atom stereocenters. The Morgan fingerprint density at radius 2 is 1.86 bits per heavy atom. The van der Waals surface area contributed by atoms with Gasteiger partial charge in [-0.1, -0.05) is 45.9 Å². The molecule has 0 spiro atoms. The fraction of sp³-hybridized carbons (Fsp3) is 0.852. The number of hydrogen-bond donors (Lipinski definition) is 0. The second-order valence-electron chi connectivity index (χ2n) is 12.3. The third-order valence-electron chi connectivity index (χ3n) is 11.3. The third kappa shape index (κ3) is 2.18. The van der Waals surface area contributed by atoms with Crippen molar-refractivity contribution in [1.29, 1.82) is 0 Å².